The molecule has 1 fully saturated rings. The maximum atomic E-state index is 13.9. The van der Waals surface area contributed by atoms with E-state index in [9.17, 15) is 14.4 Å². The molecular formula is C29H40N8O5. The number of amides is 3. The lowest BCUT2D eigenvalue weighted by molar-refractivity contribution is -0.123. The number of benzene rings is 1. The Balaban J connectivity index is 1.48. The van der Waals surface area contributed by atoms with Gasteiger partial charge in [-0.3, -0.25) is 4.79 Å². The molecule has 1 saturated heterocycles. The molecule has 3 aromatic rings. The molecular weight excluding hydrogens is 540 g/mol. The molecule has 1 aliphatic rings. The predicted molar refractivity (Wildman–Crippen MR) is 160 cm³/mol. The zero-order chi connectivity index (χ0) is 30.5. The highest BCUT2D eigenvalue weighted by atomic mass is 16.6. The Morgan fingerprint density at radius 2 is 1.86 bits per heavy atom. The molecule has 2 aromatic heterocycles. The number of hydrogen-bond acceptors (Lipinski definition) is 9. The Labute approximate surface area is 245 Å². The molecule has 4 N–H and O–H groups in total. The van der Waals surface area contributed by atoms with Crippen molar-refractivity contribution in [3.8, 4) is 5.75 Å². The average Bonchev–Trinajstić information content (AvgIpc) is 3.31. The van der Waals surface area contributed by atoms with Crippen LogP contribution in [0.15, 0.2) is 36.8 Å². The minimum absolute atomic E-state index is 0.221. The minimum Gasteiger partial charge on any atom is -0.444 e. The fourth-order valence-electron chi connectivity index (χ4n) is 4.78. The largest absolute Gasteiger partial charge is 0.444 e. The van der Waals surface area contributed by atoms with Gasteiger partial charge in [0.25, 0.3) is 0 Å². The first-order chi connectivity index (χ1) is 19.9. The number of H-pyrrole nitrogens is 1. The van der Waals surface area contributed by atoms with Gasteiger partial charge in [-0.05, 0) is 58.2 Å². The third-order valence-electron chi connectivity index (χ3n) is 6.92. The molecule has 0 bridgehead atoms. The van der Waals surface area contributed by atoms with Gasteiger partial charge in [0, 0.05) is 58.2 Å². The quantitative estimate of drug-likeness (QED) is 0.294. The number of fused-ring (bicyclic) bond motifs is 1. The van der Waals surface area contributed by atoms with Crippen LogP contribution in [-0.4, -0.2) is 89.4 Å². The summed E-state index contributed by atoms with van der Waals surface area (Å²) in [6.45, 7) is 9.17. The van der Waals surface area contributed by atoms with E-state index in [0.29, 0.717) is 43.9 Å². The van der Waals surface area contributed by atoms with E-state index < -0.39 is 23.3 Å². The molecule has 3 amide bonds. The van der Waals surface area contributed by atoms with E-state index in [1.54, 1.807) is 65.5 Å². The third kappa shape index (κ3) is 7.46. The smallest absolute Gasteiger partial charge is 0.414 e. The van der Waals surface area contributed by atoms with Crippen molar-refractivity contribution in [3.63, 3.8) is 0 Å². The number of carbonyl (C=O) groups is 3. The summed E-state index contributed by atoms with van der Waals surface area (Å²) in [5.41, 5.74) is 0.789. The molecule has 0 radical (unpaired) electrons. The van der Waals surface area contributed by atoms with Crippen LogP contribution in [0.25, 0.3) is 11.0 Å². The molecule has 0 spiro atoms. The van der Waals surface area contributed by atoms with Crippen LogP contribution in [0.2, 0.25) is 0 Å². The summed E-state index contributed by atoms with van der Waals surface area (Å²) >= 11 is 0. The number of hydrogen-bond donors (Lipinski definition) is 4. The standard InChI is InChI=1S/C29H40N8O5/c1-19-17-31-23-22(19)24(33-18-32-23)37-14-10-29(11-15-37,34-13-12-30-26(39)42-28(2,3)4)25(38)35-20-8-7-9-21(16-20)41-27(40)36(5)6/h7-9,16-18,34H,10-15H2,1-6H3,(H,30,39)(H,35,38)(H,31,32,33). The Hall–Kier alpha value is -4.39. The fraction of sp³-hybridized carbons (Fsp3) is 0.483. The van der Waals surface area contributed by atoms with Crippen molar-refractivity contribution in [1.82, 2.24) is 30.5 Å². The number of carbonyl (C=O) groups excluding carboxylic acids is 3. The van der Waals surface area contributed by atoms with Gasteiger partial charge in [0.1, 0.15) is 34.7 Å². The zero-order valence-corrected chi connectivity index (χ0v) is 25.0. The highest BCUT2D eigenvalue weighted by Gasteiger charge is 2.41. The number of anilines is 2. The van der Waals surface area contributed by atoms with Crippen molar-refractivity contribution < 1.29 is 23.9 Å². The van der Waals surface area contributed by atoms with Gasteiger partial charge in [0.2, 0.25) is 5.91 Å². The van der Waals surface area contributed by atoms with E-state index in [1.807, 2.05) is 13.1 Å². The van der Waals surface area contributed by atoms with Crippen LogP contribution in [-0.2, 0) is 9.53 Å². The predicted octanol–water partition coefficient (Wildman–Crippen LogP) is 3.42. The van der Waals surface area contributed by atoms with Crippen molar-refractivity contribution in [2.24, 2.45) is 0 Å². The Morgan fingerprint density at radius 1 is 1.12 bits per heavy atom. The summed E-state index contributed by atoms with van der Waals surface area (Å²) in [4.78, 5) is 53.6. The monoisotopic (exact) mass is 580 g/mol. The molecule has 226 valence electrons. The lowest BCUT2D eigenvalue weighted by Crippen LogP contribution is -2.61. The molecule has 0 unspecified atom stereocenters. The summed E-state index contributed by atoms with van der Waals surface area (Å²) in [6.07, 6.45) is 3.38. The van der Waals surface area contributed by atoms with Crippen LogP contribution < -0.4 is 25.6 Å². The number of piperidine rings is 1. The highest BCUT2D eigenvalue weighted by molar-refractivity contribution is 5.99. The molecule has 13 nitrogen and oxygen atoms in total. The first-order valence-electron chi connectivity index (χ1n) is 13.9. The molecule has 1 aromatic carbocycles. The van der Waals surface area contributed by atoms with Gasteiger partial charge < -0.3 is 40.2 Å². The van der Waals surface area contributed by atoms with Crippen LogP contribution in [0.1, 0.15) is 39.2 Å². The van der Waals surface area contributed by atoms with E-state index in [-0.39, 0.29) is 12.5 Å². The summed E-state index contributed by atoms with van der Waals surface area (Å²) in [5.74, 6) is 0.926. The number of ether oxygens (including phenoxy) is 2. The second-order valence-electron chi connectivity index (χ2n) is 11.6. The summed E-state index contributed by atoms with van der Waals surface area (Å²) in [5, 5.41) is 10.1. The summed E-state index contributed by atoms with van der Waals surface area (Å²) in [7, 11) is 3.19. The first kappa shape index (κ1) is 30.6. The fourth-order valence-corrected chi connectivity index (χ4v) is 4.78. The van der Waals surface area contributed by atoms with Gasteiger partial charge in [0.15, 0.2) is 0 Å². The second-order valence-corrected chi connectivity index (χ2v) is 11.6. The Bertz CT molecular complexity index is 1420. The van der Waals surface area contributed by atoms with Gasteiger partial charge in [0.05, 0.1) is 5.39 Å². The average molecular weight is 581 g/mol. The maximum absolute atomic E-state index is 13.9. The topological polar surface area (TPSA) is 154 Å². The van der Waals surface area contributed by atoms with Gasteiger partial charge in [-0.15, -0.1) is 0 Å². The number of nitrogens with zero attached hydrogens (tertiary/aromatic N) is 4. The third-order valence-corrected chi connectivity index (χ3v) is 6.92. The Kier molecular flexibility index (Phi) is 9.20. The van der Waals surface area contributed by atoms with Crippen molar-refractivity contribution in [2.45, 2.75) is 51.7 Å². The molecule has 0 atom stereocenters. The van der Waals surface area contributed by atoms with Crippen molar-refractivity contribution in [1.29, 1.82) is 0 Å². The summed E-state index contributed by atoms with van der Waals surface area (Å²) in [6, 6.07) is 6.71. The molecule has 13 heteroatoms. The van der Waals surface area contributed by atoms with E-state index >= 15 is 0 Å². The maximum Gasteiger partial charge on any atom is 0.414 e. The van der Waals surface area contributed by atoms with Crippen LogP contribution >= 0.6 is 0 Å². The number of nitrogens with one attached hydrogen (secondary N) is 4. The van der Waals surface area contributed by atoms with Gasteiger partial charge in [-0.2, -0.15) is 0 Å². The van der Waals surface area contributed by atoms with E-state index in [2.05, 4.69) is 35.8 Å². The lowest BCUT2D eigenvalue weighted by atomic mass is 9.86. The van der Waals surface area contributed by atoms with Crippen molar-refractivity contribution in [3.05, 3.63) is 42.4 Å². The van der Waals surface area contributed by atoms with E-state index in [4.69, 9.17) is 9.47 Å². The molecule has 0 aliphatic carbocycles. The van der Waals surface area contributed by atoms with Crippen LogP contribution in [0, 0.1) is 6.92 Å². The number of aromatic amines is 1. The molecule has 0 saturated carbocycles. The molecule has 1 aliphatic heterocycles. The van der Waals surface area contributed by atoms with Crippen molar-refractivity contribution >= 4 is 40.6 Å². The van der Waals surface area contributed by atoms with Gasteiger partial charge in [-0.1, -0.05) is 6.07 Å². The summed E-state index contributed by atoms with van der Waals surface area (Å²) < 4.78 is 10.7. The van der Waals surface area contributed by atoms with E-state index in [1.165, 1.54) is 4.90 Å². The molecule has 42 heavy (non-hydrogen) atoms. The number of alkyl carbamates (subject to hydrolysis) is 1. The minimum atomic E-state index is -0.929. The first-order valence-corrected chi connectivity index (χ1v) is 13.9. The number of rotatable bonds is 8. The van der Waals surface area contributed by atoms with Gasteiger partial charge >= 0.3 is 12.2 Å². The molecule has 3 heterocycles. The van der Waals surface area contributed by atoms with Gasteiger partial charge in [-0.25, -0.2) is 19.6 Å². The SMILES string of the molecule is Cc1c[nH]c2ncnc(N3CCC(NCCNC(=O)OC(C)(C)C)(C(=O)Nc4cccc(OC(=O)N(C)C)c4)CC3)c12. The Morgan fingerprint density at radius 3 is 2.55 bits per heavy atom. The van der Waals surface area contributed by atoms with E-state index in [0.717, 1.165) is 22.4 Å². The lowest BCUT2D eigenvalue weighted by Gasteiger charge is -2.42. The second kappa shape index (κ2) is 12.6. The van der Waals surface area contributed by atoms with Crippen LogP contribution in [0.5, 0.6) is 5.75 Å². The normalized spacial score (nSPS) is 14.8. The highest BCUT2D eigenvalue weighted by Crippen LogP contribution is 2.32. The number of aryl methyl sites for hydroxylation is 1. The van der Waals surface area contributed by atoms with Crippen LogP contribution in [0.4, 0.5) is 21.1 Å². The van der Waals surface area contributed by atoms with Crippen molar-refractivity contribution in [2.75, 3.05) is 50.5 Å². The molecule has 4 rings (SSSR count). The zero-order valence-electron chi connectivity index (χ0n) is 25.0. The number of aromatic nitrogens is 3. The van der Waals surface area contributed by atoms with Crippen LogP contribution in [0.3, 0.4) is 0 Å².